The molecule has 5 nitrogen and oxygen atoms in total. The summed E-state index contributed by atoms with van der Waals surface area (Å²) >= 11 is 0. The third kappa shape index (κ3) is 3.00. The van der Waals surface area contributed by atoms with Gasteiger partial charge >= 0.3 is 0 Å². The van der Waals surface area contributed by atoms with E-state index in [-0.39, 0.29) is 30.3 Å². The number of hydroxylamine groups is 2. The normalized spacial score (nSPS) is 26.5. The summed E-state index contributed by atoms with van der Waals surface area (Å²) in [5.41, 5.74) is 0. The first-order chi connectivity index (χ1) is 6.91. The Labute approximate surface area is 89.9 Å². The van der Waals surface area contributed by atoms with E-state index in [1.807, 2.05) is 27.9 Å². The van der Waals surface area contributed by atoms with E-state index >= 15 is 0 Å². The highest BCUT2D eigenvalue weighted by Crippen LogP contribution is 2.20. The van der Waals surface area contributed by atoms with Gasteiger partial charge in [0, 0.05) is 0 Å². The predicted molar refractivity (Wildman–Crippen MR) is 55.0 cm³/mol. The van der Waals surface area contributed by atoms with E-state index in [2.05, 4.69) is 0 Å². The van der Waals surface area contributed by atoms with Crippen molar-refractivity contribution in [2.24, 2.45) is 5.92 Å². The van der Waals surface area contributed by atoms with Crippen molar-refractivity contribution in [3.05, 3.63) is 0 Å². The highest BCUT2D eigenvalue weighted by atomic mass is 16.7. The molecular weight excluding hydrogens is 196 g/mol. The van der Waals surface area contributed by atoms with Crippen LogP contribution in [0.2, 0.25) is 0 Å². The van der Waals surface area contributed by atoms with Gasteiger partial charge in [-0.25, -0.2) is 5.06 Å². The molecule has 0 aliphatic carbocycles. The van der Waals surface area contributed by atoms with Crippen molar-refractivity contribution in [2.45, 2.75) is 20.0 Å². The Morgan fingerprint density at radius 1 is 1.47 bits per heavy atom. The molecule has 2 atom stereocenters. The molecule has 1 amide bonds. The Bertz CT molecular complexity index is 265. The molecule has 0 bridgehead atoms. The molecule has 5 heteroatoms. The van der Waals surface area contributed by atoms with E-state index < -0.39 is 0 Å². The molecule has 1 aliphatic rings. The topological polar surface area (TPSA) is 49.9 Å². The third-order valence-corrected chi connectivity index (χ3v) is 2.45. The molecule has 0 aromatic rings. The molecule has 0 N–H and O–H groups in total. The minimum Gasteiger partial charge on any atom is -0.302 e. The van der Waals surface area contributed by atoms with E-state index in [1.54, 1.807) is 4.90 Å². The van der Waals surface area contributed by atoms with Crippen LogP contribution in [0.25, 0.3) is 0 Å². The minimum absolute atomic E-state index is 0.0188. The standard InChI is InChI=1S/C10H18N2O3/c1-7-8(2)15-12(10(7)14)6-9(13)5-11(3)4/h7-8H,5-6H2,1-4H3. The summed E-state index contributed by atoms with van der Waals surface area (Å²) in [6.07, 6.45) is -0.135. The number of hydrogen-bond donors (Lipinski definition) is 0. The van der Waals surface area contributed by atoms with E-state index in [1.165, 1.54) is 5.06 Å². The second-order valence-electron chi connectivity index (χ2n) is 4.25. The Balaban J connectivity index is 2.46. The van der Waals surface area contributed by atoms with Gasteiger partial charge in [-0.3, -0.25) is 14.4 Å². The molecule has 1 fully saturated rings. The SMILES string of the molecule is CC1ON(CC(=O)CN(C)C)C(=O)C1C. The van der Waals surface area contributed by atoms with Crippen molar-refractivity contribution >= 4 is 11.7 Å². The number of likely N-dealkylation sites (N-methyl/N-ethyl adjacent to an activating group) is 1. The predicted octanol–water partition coefficient (Wildman–Crippen LogP) is -0.0845. The average molecular weight is 214 g/mol. The van der Waals surface area contributed by atoms with Crippen LogP contribution in [-0.4, -0.2) is 54.9 Å². The zero-order valence-electron chi connectivity index (χ0n) is 9.69. The summed E-state index contributed by atoms with van der Waals surface area (Å²) in [6, 6.07) is 0. The summed E-state index contributed by atoms with van der Waals surface area (Å²) in [4.78, 5) is 30.1. The number of amides is 1. The quantitative estimate of drug-likeness (QED) is 0.656. The number of carbonyl (C=O) groups excluding carboxylic acids is 2. The molecule has 0 aromatic carbocycles. The van der Waals surface area contributed by atoms with Crippen LogP contribution in [0, 0.1) is 5.92 Å². The molecule has 1 aliphatic heterocycles. The molecule has 0 saturated carbocycles. The molecule has 1 rings (SSSR count). The number of Topliss-reactive ketones (excluding diaryl/α,β-unsaturated/α-hetero) is 1. The fraction of sp³-hybridized carbons (Fsp3) is 0.800. The fourth-order valence-corrected chi connectivity index (χ4v) is 1.45. The van der Waals surface area contributed by atoms with Crippen LogP contribution < -0.4 is 0 Å². The Morgan fingerprint density at radius 3 is 2.47 bits per heavy atom. The van der Waals surface area contributed by atoms with Gasteiger partial charge in [-0.2, -0.15) is 0 Å². The Kier molecular flexibility index (Phi) is 3.82. The van der Waals surface area contributed by atoms with Crippen LogP contribution in [0.4, 0.5) is 0 Å². The van der Waals surface area contributed by atoms with Crippen molar-refractivity contribution < 1.29 is 14.4 Å². The zero-order valence-corrected chi connectivity index (χ0v) is 9.69. The first kappa shape index (κ1) is 12.1. The molecule has 86 valence electrons. The molecule has 15 heavy (non-hydrogen) atoms. The van der Waals surface area contributed by atoms with E-state index in [4.69, 9.17) is 4.84 Å². The van der Waals surface area contributed by atoms with Gasteiger partial charge in [-0.1, -0.05) is 6.92 Å². The Hall–Kier alpha value is -0.940. The summed E-state index contributed by atoms with van der Waals surface area (Å²) < 4.78 is 0. The monoisotopic (exact) mass is 214 g/mol. The third-order valence-electron chi connectivity index (χ3n) is 2.45. The van der Waals surface area contributed by atoms with Crippen LogP contribution >= 0.6 is 0 Å². The lowest BCUT2D eigenvalue weighted by Gasteiger charge is -2.15. The number of rotatable bonds is 4. The van der Waals surface area contributed by atoms with Crippen LogP contribution in [0.5, 0.6) is 0 Å². The molecule has 2 unspecified atom stereocenters. The highest BCUT2D eigenvalue weighted by molar-refractivity contribution is 5.88. The maximum absolute atomic E-state index is 11.6. The van der Waals surface area contributed by atoms with Crippen LogP contribution in [0.3, 0.4) is 0 Å². The van der Waals surface area contributed by atoms with Gasteiger partial charge in [0.15, 0.2) is 5.78 Å². The summed E-state index contributed by atoms with van der Waals surface area (Å²) in [5.74, 6) is -0.276. The lowest BCUT2D eigenvalue weighted by Crippen LogP contribution is -2.35. The van der Waals surface area contributed by atoms with E-state index in [0.717, 1.165) is 0 Å². The van der Waals surface area contributed by atoms with Gasteiger partial charge in [-0.15, -0.1) is 0 Å². The second-order valence-corrected chi connectivity index (χ2v) is 4.25. The van der Waals surface area contributed by atoms with Crippen molar-refractivity contribution in [1.82, 2.24) is 9.96 Å². The maximum atomic E-state index is 11.6. The fourth-order valence-electron chi connectivity index (χ4n) is 1.45. The maximum Gasteiger partial charge on any atom is 0.252 e. The zero-order chi connectivity index (χ0) is 11.6. The van der Waals surface area contributed by atoms with Gasteiger partial charge in [0.25, 0.3) is 5.91 Å². The van der Waals surface area contributed by atoms with Gasteiger partial charge in [0.2, 0.25) is 0 Å². The van der Waals surface area contributed by atoms with E-state index in [0.29, 0.717) is 6.54 Å². The lowest BCUT2D eigenvalue weighted by molar-refractivity contribution is -0.174. The van der Waals surface area contributed by atoms with E-state index in [9.17, 15) is 9.59 Å². The number of carbonyl (C=O) groups is 2. The van der Waals surface area contributed by atoms with Crippen molar-refractivity contribution in [1.29, 1.82) is 0 Å². The largest absolute Gasteiger partial charge is 0.302 e. The minimum atomic E-state index is -0.155. The van der Waals surface area contributed by atoms with Gasteiger partial charge in [0.1, 0.15) is 6.54 Å². The summed E-state index contributed by atoms with van der Waals surface area (Å²) in [6.45, 7) is 4.02. The van der Waals surface area contributed by atoms with Crippen LogP contribution in [-0.2, 0) is 14.4 Å². The average Bonchev–Trinajstić information content (AvgIpc) is 2.32. The molecule has 0 radical (unpaired) electrons. The second kappa shape index (κ2) is 4.72. The molecule has 0 spiro atoms. The van der Waals surface area contributed by atoms with Crippen LogP contribution in [0.1, 0.15) is 13.8 Å². The van der Waals surface area contributed by atoms with Gasteiger partial charge < -0.3 is 4.90 Å². The number of hydrogen-bond acceptors (Lipinski definition) is 4. The molecule has 1 heterocycles. The summed E-state index contributed by atoms with van der Waals surface area (Å²) in [7, 11) is 3.63. The highest BCUT2D eigenvalue weighted by Gasteiger charge is 2.36. The Morgan fingerprint density at radius 2 is 2.07 bits per heavy atom. The first-order valence-electron chi connectivity index (χ1n) is 5.06. The molecule has 0 aromatic heterocycles. The van der Waals surface area contributed by atoms with Gasteiger partial charge in [0.05, 0.1) is 18.6 Å². The molecule has 1 saturated heterocycles. The molecular formula is C10H18N2O3. The summed E-state index contributed by atoms with van der Waals surface area (Å²) in [5, 5.41) is 1.18. The smallest absolute Gasteiger partial charge is 0.252 e. The number of ketones is 1. The van der Waals surface area contributed by atoms with Gasteiger partial charge in [-0.05, 0) is 21.0 Å². The van der Waals surface area contributed by atoms with Crippen molar-refractivity contribution in [3.8, 4) is 0 Å². The lowest BCUT2D eigenvalue weighted by atomic mass is 10.1. The van der Waals surface area contributed by atoms with Crippen LogP contribution in [0.15, 0.2) is 0 Å². The number of nitrogens with zero attached hydrogens (tertiary/aromatic N) is 2. The van der Waals surface area contributed by atoms with Crippen molar-refractivity contribution in [3.63, 3.8) is 0 Å². The van der Waals surface area contributed by atoms with Crippen molar-refractivity contribution in [2.75, 3.05) is 27.2 Å². The first-order valence-corrected chi connectivity index (χ1v) is 5.06.